The van der Waals surface area contributed by atoms with Crippen LogP contribution in [0, 0.1) is 5.92 Å². The highest BCUT2D eigenvalue weighted by Gasteiger charge is 2.43. The molecule has 0 aromatic heterocycles. The van der Waals surface area contributed by atoms with Crippen LogP contribution in [0.15, 0.2) is 29.2 Å². The van der Waals surface area contributed by atoms with Gasteiger partial charge in [-0.25, -0.2) is 13.2 Å². The summed E-state index contributed by atoms with van der Waals surface area (Å²) in [5.41, 5.74) is 11.3. The van der Waals surface area contributed by atoms with Crippen LogP contribution in [0.5, 0.6) is 0 Å². The molecule has 0 spiro atoms. The van der Waals surface area contributed by atoms with Crippen molar-refractivity contribution in [1.29, 1.82) is 0 Å². The van der Waals surface area contributed by atoms with E-state index in [1.165, 1.54) is 17.1 Å². The van der Waals surface area contributed by atoms with Crippen LogP contribution < -0.4 is 16.8 Å². The van der Waals surface area contributed by atoms with E-state index in [-0.39, 0.29) is 22.0 Å². The van der Waals surface area contributed by atoms with E-state index < -0.39 is 16.1 Å². The summed E-state index contributed by atoms with van der Waals surface area (Å²) in [7, 11) is -3.60. The molecule has 1 saturated carbocycles. The number of rotatable bonds is 4. The number of carbonyl (C=O) groups excluding carboxylic acids is 1. The van der Waals surface area contributed by atoms with Crippen molar-refractivity contribution in [3.05, 3.63) is 24.3 Å². The van der Waals surface area contributed by atoms with Gasteiger partial charge in [0.2, 0.25) is 10.0 Å². The van der Waals surface area contributed by atoms with E-state index in [1.54, 1.807) is 24.3 Å². The number of carbonyl (C=O) groups is 1. The first-order valence-corrected chi connectivity index (χ1v) is 11.2. The number of nitrogen functional groups attached to an aromatic ring is 1. The molecule has 2 amide bonds. The van der Waals surface area contributed by atoms with Gasteiger partial charge in [-0.1, -0.05) is 37.8 Å². The number of nitrogens with zero attached hydrogens (tertiary/aromatic N) is 1. The smallest absolute Gasteiger partial charge is 0.312 e. The van der Waals surface area contributed by atoms with E-state index in [0.717, 1.165) is 25.7 Å². The van der Waals surface area contributed by atoms with Crippen molar-refractivity contribution in [2.45, 2.75) is 61.8 Å². The van der Waals surface area contributed by atoms with Crippen LogP contribution in [0.1, 0.15) is 51.4 Å². The highest BCUT2D eigenvalue weighted by molar-refractivity contribution is 7.89. The molecule has 1 heterocycles. The summed E-state index contributed by atoms with van der Waals surface area (Å²) in [6.07, 6.45) is 7.74. The second kappa shape index (κ2) is 8.06. The maximum atomic E-state index is 13.0. The molecule has 1 saturated heterocycles. The average Bonchev–Trinajstić information content (AvgIpc) is 2.88. The number of hydrogen-bond donors (Lipinski definition) is 3. The first kappa shape index (κ1) is 19.9. The number of nitrogens with one attached hydrogen (secondary N) is 1. The molecule has 1 aliphatic carbocycles. The molecule has 3 rings (SSSR count). The van der Waals surface area contributed by atoms with Crippen molar-refractivity contribution in [2.75, 3.05) is 18.8 Å². The van der Waals surface area contributed by atoms with Crippen molar-refractivity contribution in [1.82, 2.24) is 9.62 Å². The summed E-state index contributed by atoms with van der Waals surface area (Å²) in [5.74, 6) is 0.239. The Hall–Kier alpha value is -1.80. The van der Waals surface area contributed by atoms with Crippen molar-refractivity contribution in [2.24, 2.45) is 11.7 Å². The van der Waals surface area contributed by atoms with Crippen molar-refractivity contribution in [3.63, 3.8) is 0 Å². The Morgan fingerprint density at radius 3 is 2.22 bits per heavy atom. The van der Waals surface area contributed by atoms with Gasteiger partial charge in [0.05, 0.1) is 5.69 Å². The highest BCUT2D eigenvalue weighted by Crippen LogP contribution is 2.39. The van der Waals surface area contributed by atoms with Gasteiger partial charge in [-0.15, -0.1) is 0 Å². The van der Waals surface area contributed by atoms with Gasteiger partial charge < -0.3 is 16.8 Å². The van der Waals surface area contributed by atoms with Gasteiger partial charge in [0, 0.05) is 18.6 Å². The Kier molecular flexibility index (Phi) is 5.95. The predicted molar refractivity (Wildman–Crippen MR) is 105 cm³/mol. The van der Waals surface area contributed by atoms with Gasteiger partial charge in [-0.05, 0) is 43.7 Å². The molecule has 0 bridgehead atoms. The van der Waals surface area contributed by atoms with Crippen molar-refractivity contribution < 1.29 is 13.2 Å². The zero-order chi connectivity index (χ0) is 19.5. The third kappa shape index (κ3) is 4.21. The van der Waals surface area contributed by atoms with Crippen LogP contribution >= 0.6 is 0 Å². The number of hydrogen-bond acceptors (Lipinski definition) is 4. The van der Waals surface area contributed by atoms with Gasteiger partial charge in [-0.3, -0.25) is 0 Å². The van der Waals surface area contributed by atoms with Crippen LogP contribution in [-0.4, -0.2) is 37.4 Å². The molecule has 27 heavy (non-hydrogen) atoms. The molecule has 0 atom stereocenters. The zero-order valence-electron chi connectivity index (χ0n) is 15.7. The maximum absolute atomic E-state index is 13.0. The topological polar surface area (TPSA) is 119 Å². The minimum atomic E-state index is -3.60. The maximum Gasteiger partial charge on any atom is 0.312 e. The molecular weight excluding hydrogens is 364 g/mol. The Balaban J connectivity index is 1.75. The second-order valence-corrected chi connectivity index (χ2v) is 9.68. The number of para-hydroxylation sites is 1. The Morgan fingerprint density at radius 2 is 1.67 bits per heavy atom. The van der Waals surface area contributed by atoms with Gasteiger partial charge in [0.1, 0.15) is 4.90 Å². The van der Waals surface area contributed by atoms with Gasteiger partial charge in [0.15, 0.2) is 0 Å². The lowest BCUT2D eigenvalue weighted by molar-refractivity contribution is 0.129. The fourth-order valence-electron chi connectivity index (χ4n) is 4.74. The summed E-state index contributed by atoms with van der Waals surface area (Å²) in [6, 6.07) is 6.10. The lowest BCUT2D eigenvalue weighted by Gasteiger charge is -2.44. The number of nitrogens with two attached hydrogens (primary N) is 2. The van der Waals surface area contributed by atoms with Crippen LogP contribution in [0.2, 0.25) is 0 Å². The third-order valence-electron chi connectivity index (χ3n) is 6.14. The quantitative estimate of drug-likeness (QED) is 0.537. The molecule has 2 fully saturated rings. The standard InChI is InChI=1S/C19H30N4O3S/c20-16-7-3-4-8-17(16)27(25,26)23-13-9-15(10-14-23)19(22-18(21)24)11-5-1-2-6-12-19/h3-4,7-8,15H,1-2,5-6,9-14,20H2,(H3,21,22,24). The number of piperidine rings is 1. The summed E-state index contributed by atoms with van der Waals surface area (Å²) < 4.78 is 27.4. The van der Waals surface area contributed by atoms with E-state index in [1.807, 2.05) is 0 Å². The lowest BCUT2D eigenvalue weighted by atomic mass is 9.73. The minimum absolute atomic E-state index is 0.169. The highest BCUT2D eigenvalue weighted by atomic mass is 32.2. The summed E-state index contributed by atoms with van der Waals surface area (Å²) in [6.45, 7) is 0.868. The summed E-state index contributed by atoms with van der Waals surface area (Å²) in [5, 5.41) is 3.05. The van der Waals surface area contributed by atoms with Crippen LogP contribution in [0.25, 0.3) is 0 Å². The molecule has 5 N–H and O–H groups in total. The zero-order valence-corrected chi connectivity index (χ0v) is 16.5. The predicted octanol–water partition coefficient (Wildman–Crippen LogP) is 2.43. The molecule has 1 aromatic carbocycles. The van der Waals surface area contributed by atoms with E-state index in [2.05, 4.69) is 5.32 Å². The molecule has 2 aliphatic rings. The molecule has 8 heteroatoms. The van der Waals surface area contributed by atoms with E-state index >= 15 is 0 Å². The lowest BCUT2D eigenvalue weighted by Crippen LogP contribution is -2.57. The Labute approximate surface area is 161 Å². The number of urea groups is 1. The normalized spacial score (nSPS) is 22.1. The van der Waals surface area contributed by atoms with Crippen LogP contribution in [-0.2, 0) is 10.0 Å². The van der Waals surface area contributed by atoms with Crippen LogP contribution in [0.3, 0.4) is 0 Å². The monoisotopic (exact) mass is 394 g/mol. The molecule has 7 nitrogen and oxygen atoms in total. The van der Waals surface area contributed by atoms with Gasteiger partial charge >= 0.3 is 6.03 Å². The number of anilines is 1. The van der Waals surface area contributed by atoms with Gasteiger partial charge in [0.25, 0.3) is 0 Å². The van der Waals surface area contributed by atoms with Crippen molar-refractivity contribution >= 4 is 21.7 Å². The van der Waals surface area contributed by atoms with Gasteiger partial charge in [-0.2, -0.15) is 4.31 Å². The summed E-state index contributed by atoms with van der Waals surface area (Å²) >= 11 is 0. The molecule has 0 radical (unpaired) electrons. The van der Waals surface area contributed by atoms with Crippen LogP contribution in [0.4, 0.5) is 10.5 Å². The molecule has 1 aliphatic heterocycles. The Morgan fingerprint density at radius 1 is 1.07 bits per heavy atom. The molecule has 0 unspecified atom stereocenters. The number of benzene rings is 1. The average molecular weight is 395 g/mol. The minimum Gasteiger partial charge on any atom is -0.398 e. The Bertz CT molecular complexity index is 765. The van der Waals surface area contributed by atoms with Crippen molar-refractivity contribution in [3.8, 4) is 0 Å². The van der Waals surface area contributed by atoms with E-state index in [4.69, 9.17) is 11.5 Å². The molecule has 1 aromatic rings. The van der Waals surface area contributed by atoms with E-state index in [0.29, 0.717) is 25.9 Å². The third-order valence-corrected chi connectivity index (χ3v) is 8.11. The fraction of sp³-hybridized carbons (Fsp3) is 0.632. The second-order valence-electron chi connectivity index (χ2n) is 7.78. The number of sulfonamides is 1. The number of amides is 2. The summed E-state index contributed by atoms with van der Waals surface area (Å²) in [4.78, 5) is 11.8. The first-order chi connectivity index (χ1) is 12.8. The molecular formula is C19H30N4O3S. The largest absolute Gasteiger partial charge is 0.398 e. The fourth-order valence-corrected chi connectivity index (χ4v) is 6.33. The van der Waals surface area contributed by atoms with E-state index in [9.17, 15) is 13.2 Å². The first-order valence-electron chi connectivity index (χ1n) is 9.77. The number of primary amides is 1. The SMILES string of the molecule is NC(=O)NC1(C2CCN(S(=O)(=O)c3ccccc3N)CC2)CCCCCC1. The molecule has 150 valence electrons.